The van der Waals surface area contributed by atoms with Crippen LogP contribution in [0.3, 0.4) is 0 Å². The Kier molecular flexibility index (Phi) is 24.8. The maximum atomic E-state index is 14.7. The van der Waals surface area contributed by atoms with Crippen molar-refractivity contribution in [1.29, 1.82) is 0 Å². The summed E-state index contributed by atoms with van der Waals surface area (Å²) in [5, 5.41) is 24.9. The molecule has 1 fully saturated rings. The fraction of sp³-hybridized carbons (Fsp3) is 0.500. The molecule has 404 valence electrons. The largest absolute Gasteiger partial charge is 0.481 e. The van der Waals surface area contributed by atoms with E-state index >= 15 is 0 Å². The van der Waals surface area contributed by atoms with Crippen molar-refractivity contribution >= 4 is 71.1 Å². The summed E-state index contributed by atoms with van der Waals surface area (Å²) in [5.74, 6) is -9.20. The summed E-state index contributed by atoms with van der Waals surface area (Å²) in [6.07, 6.45) is -0.808. The van der Waals surface area contributed by atoms with E-state index < -0.39 is 121 Å². The smallest absolute Gasteiger partial charge is 0.303 e. The lowest BCUT2D eigenvalue weighted by molar-refractivity contribution is -0.142. The Morgan fingerprint density at radius 2 is 1.16 bits per heavy atom. The summed E-state index contributed by atoms with van der Waals surface area (Å²) in [7, 11) is 0. The highest BCUT2D eigenvalue weighted by Gasteiger charge is 2.40. The molecule has 26 heteroatoms. The van der Waals surface area contributed by atoms with Crippen LogP contribution in [0.4, 0.5) is 0 Å². The predicted octanol–water partition coefficient (Wildman–Crippen LogP) is -3.12. The topological polar surface area (TPSA) is 447 Å². The molecular formula is C48H71N15O11. The third-order valence-corrected chi connectivity index (χ3v) is 11.6. The molecular weight excluding hydrogens is 963 g/mol. The van der Waals surface area contributed by atoms with Crippen LogP contribution in [0.1, 0.15) is 95.2 Å². The van der Waals surface area contributed by atoms with Gasteiger partial charge in [0.25, 0.3) is 0 Å². The average molecular weight is 1030 g/mol. The maximum Gasteiger partial charge on any atom is 0.303 e. The Balaban J connectivity index is 1.96. The molecule has 0 radical (unpaired) electrons. The number of nitrogens with two attached hydrogens (primary N) is 6. The highest BCUT2D eigenvalue weighted by molar-refractivity contribution is 5.98. The molecule has 1 saturated heterocycles. The molecule has 2 aromatic rings. The number of rotatable bonds is 31. The SMILES string of the molecule is CC(C)C[C@H](NC(=O)[C@@H](NC(=O)CCC(=O)O)c1ccccc1)C(=O)N[C@@H](Cc1ccccc1)C(=O)N[C@@H](CCCN=C(N)N)C(=O)N1CCC[C@H]1C(=O)N[C@@H](CCCN=C(N)N)C(=O)N[C@@H](CC(N)=O)C(N)=O. The Bertz CT molecular complexity index is 2330. The fourth-order valence-corrected chi connectivity index (χ4v) is 7.96. The van der Waals surface area contributed by atoms with Gasteiger partial charge in [0.1, 0.15) is 42.3 Å². The number of nitrogens with one attached hydrogen (secondary N) is 6. The number of guanidine groups is 2. The highest BCUT2D eigenvalue weighted by atomic mass is 16.4. The van der Waals surface area contributed by atoms with E-state index in [-0.39, 0.29) is 82.4 Å². The lowest BCUT2D eigenvalue weighted by atomic mass is 9.99. The number of benzene rings is 2. The first-order valence-corrected chi connectivity index (χ1v) is 24.2. The van der Waals surface area contributed by atoms with Crippen molar-refractivity contribution in [1.82, 2.24) is 36.8 Å². The van der Waals surface area contributed by atoms with Crippen molar-refractivity contribution in [2.45, 2.75) is 127 Å². The molecule has 2 aromatic carbocycles. The number of carbonyl (C=O) groups excluding carboxylic acids is 9. The van der Waals surface area contributed by atoms with Gasteiger partial charge >= 0.3 is 5.97 Å². The first-order valence-electron chi connectivity index (χ1n) is 24.2. The number of hydrogen-bond donors (Lipinski definition) is 13. The number of amides is 9. The first-order chi connectivity index (χ1) is 35.1. The minimum Gasteiger partial charge on any atom is -0.481 e. The summed E-state index contributed by atoms with van der Waals surface area (Å²) in [6.45, 7) is 3.79. The zero-order chi connectivity index (χ0) is 54.9. The summed E-state index contributed by atoms with van der Waals surface area (Å²) < 4.78 is 0. The molecule has 1 aliphatic rings. The molecule has 1 aliphatic heterocycles. The number of carboxylic acids is 1. The maximum absolute atomic E-state index is 14.7. The molecule has 9 amide bonds. The van der Waals surface area contributed by atoms with Gasteiger partial charge in [-0.3, -0.25) is 57.9 Å². The van der Waals surface area contributed by atoms with E-state index in [9.17, 15) is 47.9 Å². The van der Waals surface area contributed by atoms with E-state index in [1.807, 2.05) is 13.8 Å². The number of likely N-dealkylation sites (tertiary alicyclic amines) is 1. The van der Waals surface area contributed by atoms with Crippen molar-refractivity contribution in [2.24, 2.45) is 50.3 Å². The second-order valence-electron chi connectivity index (χ2n) is 18.1. The monoisotopic (exact) mass is 1030 g/mol. The summed E-state index contributed by atoms with van der Waals surface area (Å²) in [6, 6.07) is 7.53. The molecule has 0 unspecified atom stereocenters. The molecule has 0 aliphatic carbocycles. The Labute approximate surface area is 428 Å². The van der Waals surface area contributed by atoms with Crippen molar-refractivity contribution in [3.63, 3.8) is 0 Å². The normalized spacial score (nSPS) is 15.3. The summed E-state index contributed by atoms with van der Waals surface area (Å²) in [5.41, 5.74) is 33.6. The predicted molar refractivity (Wildman–Crippen MR) is 271 cm³/mol. The standard InChI is InChI=1S/C48H71N15O11/c1-27(2)24-33(61-45(73)39(29-14-7-4-8-15-29)62-37(65)19-20-38(66)67)42(70)60-34(25-28-12-5-3-6-13-28)43(71)58-31(17-10-22-56-48(53)54)46(74)63-23-11-18-35(63)44(72)57-30(16-9-21-55-47(51)52)41(69)59-32(40(50)68)26-36(49)64/h3-8,12-15,27,30-35,39H,9-11,16-26H2,1-2H3,(H2,49,64)(H2,50,68)(H,57,72)(H,58,71)(H,59,69)(H,60,70)(H,61,73)(H,62,65)(H,66,67)(H4,51,52,55)(H4,53,54,56)/t30-,31-,32-,33-,34-,35-,39-/m0/s1. The third-order valence-electron chi connectivity index (χ3n) is 11.6. The molecule has 3 rings (SSSR count). The lowest BCUT2D eigenvalue weighted by Gasteiger charge is -2.31. The number of carbonyl (C=O) groups is 10. The van der Waals surface area contributed by atoms with Crippen LogP contribution >= 0.6 is 0 Å². The Morgan fingerprint density at radius 3 is 1.72 bits per heavy atom. The molecule has 0 spiro atoms. The van der Waals surface area contributed by atoms with E-state index in [1.54, 1.807) is 60.7 Å². The molecule has 7 atom stereocenters. The van der Waals surface area contributed by atoms with Gasteiger partial charge in [0.05, 0.1) is 12.8 Å². The van der Waals surface area contributed by atoms with Gasteiger partial charge < -0.3 is 76.3 Å². The number of hydrogen-bond acceptors (Lipinski definition) is 12. The molecule has 26 nitrogen and oxygen atoms in total. The van der Waals surface area contributed by atoms with Crippen LogP contribution in [0.2, 0.25) is 0 Å². The van der Waals surface area contributed by atoms with Crippen LogP contribution < -0.4 is 66.3 Å². The summed E-state index contributed by atoms with van der Waals surface area (Å²) in [4.78, 5) is 142. The third kappa shape index (κ3) is 21.2. The highest BCUT2D eigenvalue weighted by Crippen LogP contribution is 2.21. The molecule has 1 heterocycles. The van der Waals surface area contributed by atoms with E-state index in [0.717, 1.165) is 0 Å². The summed E-state index contributed by atoms with van der Waals surface area (Å²) >= 11 is 0. The van der Waals surface area contributed by atoms with Gasteiger partial charge in [-0.1, -0.05) is 74.5 Å². The van der Waals surface area contributed by atoms with Gasteiger partial charge in [-0.05, 0) is 62.0 Å². The number of aliphatic imine (C=N–C) groups is 2. The first kappa shape index (κ1) is 60.0. The number of nitrogens with zero attached hydrogens (tertiary/aromatic N) is 3. The van der Waals surface area contributed by atoms with Crippen LogP contribution in [-0.2, 0) is 54.4 Å². The quantitative estimate of drug-likeness (QED) is 0.0202. The Morgan fingerprint density at radius 1 is 0.635 bits per heavy atom. The molecule has 0 aromatic heterocycles. The fourth-order valence-electron chi connectivity index (χ4n) is 7.96. The van der Waals surface area contributed by atoms with E-state index in [2.05, 4.69) is 41.9 Å². The van der Waals surface area contributed by atoms with Crippen LogP contribution in [0.15, 0.2) is 70.6 Å². The molecule has 74 heavy (non-hydrogen) atoms. The van der Waals surface area contributed by atoms with Gasteiger partial charge in [0.2, 0.25) is 53.2 Å². The lowest BCUT2D eigenvalue weighted by Crippen LogP contribution is -2.60. The number of carboxylic acid groups (broad SMARTS) is 1. The van der Waals surface area contributed by atoms with Crippen molar-refractivity contribution in [3.05, 3.63) is 71.8 Å². The molecule has 19 N–H and O–H groups in total. The molecule has 0 bridgehead atoms. The minimum atomic E-state index is -1.50. The van der Waals surface area contributed by atoms with Crippen LogP contribution in [0.25, 0.3) is 0 Å². The number of aliphatic carboxylic acids is 1. The van der Waals surface area contributed by atoms with Gasteiger partial charge in [-0.15, -0.1) is 0 Å². The van der Waals surface area contributed by atoms with Gasteiger partial charge in [-0.2, -0.15) is 0 Å². The zero-order valence-electron chi connectivity index (χ0n) is 41.6. The second-order valence-corrected chi connectivity index (χ2v) is 18.1. The average Bonchev–Trinajstić information content (AvgIpc) is 3.84. The van der Waals surface area contributed by atoms with Gasteiger partial charge in [-0.25, -0.2) is 0 Å². The van der Waals surface area contributed by atoms with E-state index in [4.69, 9.17) is 39.5 Å². The van der Waals surface area contributed by atoms with Crippen molar-refractivity contribution in [2.75, 3.05) is 19.6 Å². The van der Waals surface area contributed by atoms with Crippen LogP contribution in [-0.4, -0.2) is 137 Å². The van der Waals surface area contributed by atoms with Gasteiger partial charge in [0.15, 0.2) is 11.9 Å². The van der Waals surface area contributed by atoms with Crippen molar-refractivity contribution < 1.29 is 53.1 Å². The van der Waals surface area contributed by atoms with E-state index in [0.29, 0.717) is 17.5 Å². The van der Waals surface area contributed by atoms with Gasteiger partial charge in [0, 0.05) is 32.5 Å². The van der Waals surface area contributed by atoms with Crippen molar-refractivity contribution in [3.8, 4) is 0 Å². The molecule has 0 saturated carbocycles. The zero-order valence-corrected chi connectivity index (χ0v) is 41.6. The Hall–Kier alpha value is -8.32. The van der Waals surface area contributed by atoms with Crippen LogP contribution in [0.5, 0.6) is 0 Å². The van der Waals surface area contributed by atoms with Crippen LogP contribution in [0, 0.1) is 5.92 Å². The minimum absolute atomic E-state index is 0.0481. The number of primary amides is 2. The second kappa shape index (κ2) is 30.5. The van der Waals surface area contributed by atoms with E-state index in [1.165, 1.54) is 4.90 Å².